The molecule has 14 heteroatoms. The SMILES string of the molecule is CC(C)(C)OC(=O)/C(C#N)=C/c1ccc(N(CCO)CCOC(=O)NCc2ccc(COc3nc(N)nc4nc[nH]c34)cc2)cc1. The largest absolute Gasteiger partial charge is 0.471 e. The van der Waals surface area contributed by atoms with Crippen LogP contribution in [0.2, 0.25) is 0 Å². The number of carbonyl (C=O) groups is 2. The Hall–Kier alpha value is -5.68. The lowest BCUT2D eigenvalue weighted by atomic mass is 10.1. The molecule has 240 valence electrons. The summed E-state index contributed by atoms with van der Waals surface area (Å²) in [5, 5.41) is 21.7. The van der Waals surface area contributed by atoms with Gasteiger partial charge < -0.3 is 40.3 Å². The number of carbonyl (C=O) groups excluding carboxylic acids is 2. The minimum atomic E-state index is -0.715. The van der Waals surface area contributed by atoms with Crippen molar-refractivity contribution in [2.75, 3.05) is 36.9 Å². The molecule has 2 aromatic carbocycles. The van der Waals surface area contributed by atoms with Gasteiger partial charge in [0.25, 0.3) is 0 Å². The Balaban J connectivity index is 1.22. The first kappa shape index (κ1) is 33.2. The highest BCUT2D eigenvalue weighted by Gasteiger charge is 2.20. The molecule has 0 radical (unpaired) electrons. The molecule has 1 amide bonds. The highest BCUT2D eigenvalue weighted by atomic mass is 16.6. The summed E-state index contributed by atoms with van der Waals surface area (Å²) in [4.78, 5) is 41.6. The molecular formula is C32H36N8O6. The van der Waals surface area contributed by atoms with Gasteiger partial charge in [-0.1, -0.05) is 36.4 Å². The van der Waals surface area contributed by atoms with E-state index in [1.54, 1.807) is 45.0 Å². The molecule has 4 rings (SSSR count). The van der Waals surface area contributed by atoms with E-state index in [-0.39, 0.29) is 37.9 Å². The van der Waals surface area contributed by atoms with Crippen LogP contribution in [0.5, 0.6) is 5.88 Å². The Bertz CT molecular complexity index is 1710. The first-order valence-corrected chi connectivity index (χ1v) is 14.4. The van der Waals surface area contributed by atoms with Crippen molar-refractivity contribution in [3.8, 4) is 11.9 Å². The van der Waals surface area contributed by atoms with Gasteiger partial charge in [0, 0.05) is 18.8 Å². The number of ether oxygens (including phenoxy) is 3. The van der Waals surface area contributed by atoms with Gasteiger partial charge in [-0.25, -0.2) is 14.6 Å². The molecule has 0 fully saturated rings. The number of nitrogens with one attached hydrogen (secondary N) is 2. The van der Waals surface area contributed by atoms with E-state index in [2.05, 4.69) is 25.3 Å². The van der Waals surface area contributed by atoms with E-state index in [4.69, 9.17) is 19.9 Å². The Kier molecular flexibility index (Phi) is 11.1. The van der Waals surface area contributed by atoms with Crippen molar-refractivity contribution in [1.82, 2.24) is 25.3 Å². The standard InChI is InChI=1S/C32H36N8O6/c1-32(2,3)46-29(42)24(17-33)16-21-8-10-25(11-9-21)40(12-14-41)13-15-44-31(43)35-18-22-4-6-23(7-5-22)19-45-28-26-27(37-20-36-26)38-30(34)39-28/h4-11,16,20,41H,12-15,18-19H2,1-3H3,(H,35,43)(H3,34,36,37,38,39)/b24-16+. The number of fused-ring (bicyclic) bond motifs is 1. The normalized spacial score (nSPS) is 11.5. The zero-order chi connectivity index (χ0) is 33.1. The number of nitrogens with two attached hydrogens (primary N) is 1. The maximum absolute atomic E-state index is 12.3. The molecule has 0 aliphatic carbocycles. The second kappa shape index (κ2) is 15.4. The number of anilines is 2. The van der Waals surface area contributed by atoms with Crippen molar-refractivity contribution in [2.24, 2.45) is 0 Å². The molecule has 0 aliphatic heterocycles. The molecule has 0 atom stereocenters. The van der Waals surface area contributed by atoms with Gasteiger partial charge >= 0.3 is 12.1 Å². The van der Waals surface area contributed by atoms with E-state index < -0.39 is 17.7 Å². The second-order valence-electron chi connectivity index (χ2n) is 11.1. The van der Waals surface area contributed by atoms with Gasteiger partial charge in [0.2, 0.25) is 11.8 Å². The van der Waals surface area contributed by atoms with E-state index >= 15 is 0 Å². The van der Waals surface area contributed by atoms with Crippen molar-refractivity contribution < 1.29 is 28.9 Å². The van der Waals surface area contributed by atoms with Crippen LogP contribution in [0.4, 0.5) is 16.4 Å². The van der Waals surface area contributed by atoms with Gasteiger partial charge in [0.1, 0.15) is 36.0 Å². The summed E-state index contributed by atoms with van der Waals surface area (Å²) < 4.78 is 16.4. The summed E-state index contributed by atoms with van der Waals surface area (Å²) in [7, 11) is 0. The maximum Gasteiger partial charge on any atom is 0.407 e. The average Bonchev–Trinajstić information content (AvgIpc) is 3.49. The van der Waals surface area contributed by atoms with Crippen LogP contribution in [0, 0.1) is 11.3 Å². The highest BCUT2D eigenvalue weighted by molar-refractivity contribution is 5.98. The third-order valence-electron chi connectivity index (χ3n) is 6.38. The predicted molar refractivity (Wildman–Crippen MR) is 170 cm³/mol. The van der Waals surface area contributed by atoms with Gasteiger partial charge in [-0.15, -0.1) is 0 Å². The number of benzene rings is 2. The van der Waals surface area contributed by atoms with Crippen molar-refractivity contribution in [1.29, 1.82) is 5.26 Å². The molecule has 0 saturated heterocycles. The van der Waals surface area contributed by atoms with Crippen LogP contribution < -0.4 is 20.7 Å². The maximum atomic E-state index is 12.3. The molecule has 2 heterocycles. The number of alkyl carbamates (subject to hydrolysis) is 1. The Morgan fingerprint density at radius 1 is 1.09 bits per heavy atom. The van der Waals surface area contributed by atoms with Gasteiger partial charge in [-0.2, -0.15) is 15.2 Å². The van der Waals surface area contributed by atoms with Gasteiger partial charge in [-0.05, 0) is 55.7 Å². The van der Waals surface area contributed by atoms with Crippen LogP contribution >= 0.6 is 0 Å². The van der Waals surface area contributed by atoms with Crippen molar-refractivity contribution in [2.45, 2.75) is 39.5 Å². The quantitative estimate of drug-likeness (QED) is 0.0955. The number of nitrogens with zero attached hydrogens (tertiary/aromatic N) is 5. The molecule has 46 heavy (non-hydrogen) atoms. The number of imidazole rings is 1. The van der Waals surface area contributed by atoms with E-state index in [0.717, 1.165) is 16.8 Å². The summed E-state index contributed by atoms with van der Waals surface area (Å²) in [5.74, 6) is -0.314. The number of nitriles is 1. The summed E-state index contributed by atoms with van der Waals surface area (Å²) >= 11 is 0. The topological polar surface area (TPSA) is 202 Å². The molecule has 0 saturated carbocycles. The van der Waals surface area contributed by atoms with E-state index in [1.807, 2.05) is 35.2 Å². The van der Waals surface area contributed by atoms with Crippen molar-refractivity contribution >= 4 is 40.9 Å². The summed E-state index contributed by atoms with van der Waals surface area (Å²) in [6.07, 6.45) is 2.37. The molecule has 4 aromatic rings. The van der Waals surface area contributed by atoms with Crippen LogP contribution in [-0.2, 0) is 27.4 Å². The smallest absolute Gasteiger partial charge is 0.407 e. The van der Waals surface area contributed by atoms with Crippen LogP contribution in [0.15, 0.2) is 60.4 Å². The molecule has 0 aliphatic rings. The number of H-pyrrole nitrogens is 1. The average molecular weight is 629 g/mol. The predicted octanol–water partition coefficient (Wildman–Crippen LogP) is 3.49. The summed E-state index contributed by atoms with van der Waals surface area (Å²) in [6.45, 7) is 6.33. The first-order chi connectivity index (χ1) is 22.0. The van der Waals surface area contributed by atoms with Gasteiger partial charge in [0.15, 0.2) is 5.65 Å². The minimum absolute atomic E-state index is 0.0695. The summed E-state index contributed by atoms with van der Waals surface area (Å²) in [6, 6.07) is 16.5. The number of amides is 1. The van der Waals surface area contributed by atoms with Gasteiger partial charge in [0.05, 0.1) is 19.5 Å². The fraction of sp³-hybridized carbons (Fsp3) is 0.312. The number of esters is 1. The molecule has 2 aromatic heterocycles. The third kappa shape index (κ3) is 9.66. The number of aliphatic hydroxyl groups excluding tert-OH is 1. The fourth-order valence-electron chi connectivity index (χ4n) is 4.21. The Morgan fingerprint density at radius 3 is 2.48 bits per heavy atom. The molecule has 5 N–H and O–H groups in total. The number of nitrogen functional groups attached to an aromatic ring is 1. The number of rotatable bonds is 13. The minimum Gasteiger partial charge on any atom is -0.471 e. The number of hydrogen-bond donors (Lipinski definition) is 4. The van der Waals surface area contributed by atoms with E-state index in [9.17, 15) is 20.0 Å². The Labute approximate surface area is 265 Å². The second-order valence-corrected chi connectivity index (χ2v) is 11.1. The number of hydrogen-bond acceptors (Lipinski definition) is 12. The van der Waals surface area contributed by atoms with E-state index in [1.165, 1.54) is 12.4 Å². The van der Waals surface area contributed by atoms with Crippen LogP contribution in [-0.4, -0.2) is 69.0 Å². The summed E-state index contributed by atoms with van der Waals surface area (Å²) in [5.41, 5.74) is 9.04. The van der Waals surface area contributed by atoms with Crippen LogP contribution in [0.1, 0.15) is 37.5 Å². The van der Waals surface area contributed by atoms with E-state index in [0.29, 0.717) is 35.7 Å². The number of aliphatic hydroxyl groups is 1. The number of aromatic amines is 1. The van der Waals surface area contributed by atoms with Crippen LogP contribution in [0.25, 0.3) is 17.2 Å². The third-order valence-corrected chi connectivity index (χ3v) is 6.38. The van der Waals surface area contributed by atoms with Crippen molar-refractivity contribution in [3.63, 3.8) is 0 Å². The van der Waals surface area contributed by atoms with Crippen LogP contribution in [0.3, 0.4) is 0 Å². The molecule has 0 bridgehead atoms. The Morgan fingerprint density at radius 2 is 1.80 bits per heavy atom. The van der Waals surface area contributed by atoms with Gasteiger partial charge in [-0.3, -0.25) is 0 Å². The molecule has 0 unspecified atom stereocenters. The lowest BCUT2D eigenvalue weighted by Gasteiger charge is -2.24. The monoisotopic (exact) mass is 628 g/mol. The molecule has 14 nitrogen and oxygen atoms in total. The first-order valence-electron chi connectivity index (χ1n) is 14.4. The zero-order valence-electron chi connectivity index (χ0n) is 25.8. The zero-order valence-corrected chi connectivity index (χ0v) is 25.8. The molecule has 0 spiro atoms. The lowest BCUT2D eigenvalue weighted by molar-refractivity contribution is -0.149. The fourth-order valence-corrected chi connectivity index (χ4v) is 4.21. The highest BCUT2D eigenvalue weighted by Crippen LogP contribution is 2.21. The number of aromatic nitrogens is 4. The van der Waals surface area contributed by atoms with Crippen molar-refractivity contribution in [3.05, 3.63) is 77.1 Å². The lowest BCUT2D eigenvalue weighted by Crippen LogP contribution is -2.32. The molecular weight excluding hydrogens is 592 g/mol.